The fourth-order valence-electron chi connectivity index (χ4n) is 4.44. The van der Waals surface area contributed by atoms with Crippen molar-refractivity contribution in [3.05, 3.63) is 76.5 Å². The molecule has 12 heteroatoms. The number of anilines is 3. The molecule has 0 saturated heterocycles. The van der Waals surface area contributed by atoms with Gasteiger partial charge in [-0.1, -0.05) is 35.5 Å². The van der Waals surface area contributed by atoms with Crippen molar-refractivity contribution in [1.29, 1.82) is 0 Å². The van der Waals surface area contributed by atoms with E-state index < -0.39 is 0 Å². The third-order valence-electron chi connectivity index (χ3n) is 6.19. The van der Waals surface area contributed by atoms with Gasteiger partial charge in [0.05, 0.1) is 29.3 Å². The molecule has 12 nitrogen and oxygen atoms in total. The van der Waals surface area contributed by atoms with Crippen LogP contribution in [-0.2, 0) is 11.5 Å². The summed E-state index contributed by atoms with van der Waals surface area (Å²) in [5, 5.41) is 21.2. The molecule has 1 aromatic carbocycles. The summed E-state index contributed by atoms with van der Waals surface area (Å²) in [6.45, 7) is 5.68. The predicted molar refractivity (Wildman–Crippen MR) is 147 cm³/mol. The molecule has 0 fully saturated rings. The summed E-state index contributed by atoms with van der Waals surface area (Å²) in [6.07, 6.45) is 1.62. The molecule has 5 rings (SSSR count). The molecule has 0 aliphatic carbocycles. The first-order valence-electron chi connectivity index (χ1n) is 12.5. The van der Waals surface area contributed by atoms with Crippen molar-refractivity contribution >= 4 is 28.4 Å². The average molecular weight is 531 g/mol. The highest BCUT2D eigenvalue weighted by Gasteiger charge is 2.20. The van der Waals surface area contributed by atoms with Crippen molar-refractivity contribution in [1.82, 2.24) is 29.5 Å². The molecule has 5 aromatic rings. The highest BCUT2D eigenvalue weighted by Crippen LogP contribution is 2.32. The molecule has 4 aromatic heterocycles. The number of aliphatic hydroxyl groups is 1. The van der Waals surface area contributed by atoms with Gasteiger partial charge in [-0.15, -0.1) is 0 Å². The van der Waals surface area contributed by atoms with Gasteiger partial charge in [0, 0.05) is 25.4 Å². The zero-order chi connectivity index (χ0) is 27.5. The summed E-state index contributed by atoms with van der Waals surface area (Å²) in [5.74, 6) is 1.80. The number of nitrogens with one attached hydrogen (secondary N) is 2. The largest absolute Gasteiger partial charge is 0.394 e. The van der Waals surface area contributed by atoms with Gasteiger partial charge in [0.15, 0.2) is 11.5 Å². The Bertz CT molecular complexity index is 1640. The summed E-state index contributed by atoms with van der Waals surface area (Å²) >= 11 is 0. The Kier molecular flexibility index (Phi) is 7.39. The quantitative estimate of drug-likeness (QED) is 0.242. The van der Waals surface area contributed by atoms with Crippen molar-refractivity contribution < 1.29 is 14.4 Å². The van der Waals surface area contributed by atoms with Crippen LogP contribution in [0.15, 0.2) is 64.0 Å². The van der Waals surface area contributed by atoms with Gasteiger partial charge in [-0.05, 0) is 38.5 Å². The average Bonchev–Trinajstić information content (AvgIpc) is 3.48. The number of benzene rings is 1. The first kappa shape index (κ1) is 26.1. The highest BCUT2D eigenvalue weighted by molar-refractivity contribution is 5.79. The first-order valence-corrected chi connectivity index (χ1v) is 12.5. The van der Waals surface area contributed by atoms with Crippen LogP contribution in [0.4, 0.5) is 17.3 Å². The number of pyridine rings is 2. The second-order valence-corrected chi connectivity index (χ2v) is 9.31. The minimum atomic E-state index is -0.389. The van der Waals surface area contributed by atoms with Gasteiger partial charge in [-0.3, -0.25) is 9.48 Å². The lowest BCUT2D eigenvalue weighted by Crippen LogP contribution is -2.25. The Labute approximate surface area is 224 Å². The lowest BCUT2D eigenvalue weighted by molar-refractivity contribution is 0.103. The van der Waals surface area contributed by atoms with Gasteiger partial charge in [0.1, 0.15) is 18.4 Å². The normalized spacial score (nSPS) is 12.3. The number of rotatable bonds is 10. The Hall–Kier alpha value is -4.55. The number of hydrogen-bond acceptors (Lipinski definition) is 10. The van der Waals surface area contributed by atoms with E-state index in [4.69, 9.17) is 14.2 Å². The second-order valence-electron chi connectivity index (χ2n) is 9.31. The van der Waals surface area contributed by atoms with Gasteiger partial charge in [0.2, 0.25) is 0 Å². The third kappa shape index (κ3) is 5.24. The molecule has 202 valence electrons. The van der Waals surface area contributed by atoms with Crippen LogP contribution in [0.2, 0.25) is 0 Å². The van der Waals surface area contributed by atoms with E-state index in [1.807, 2.05) is 48.9 Å². The SMILES string of the molecule is COCn1c(=O)c2ccc(Nc3cc(N[C@H](CO)c4ccccc4)c(-c4nc(C)no4)cn3)nc2n1C(C)C. The van der Waals surface area contributed by atoms with Crippen molar-refractivity contribution in [2.45, 2.75) is 39.6 Å². The summed E-state index contributed by atoms with van der Waals surface area (Å²) in [7, 11) is 1.55. The Morgan fingerprint density at radius 2 is 1.90 bits per heavy atom. The zero-order valence-electron chi connectivity index (χ0n) is 22.1. The highest BCUT2D eigenvalue weighted by atomic mass is 16.5. The van der Waals surface area contributed by atoms with Gasteiger partial charge in [-0.25, -0.2) is 14.6 Å². The van der Waals surface area contributed by atoms with Gasteiger partial charge in [0.25, 0.3) is 11.4 Å². The van der Waals surface area contributed by atoms with E-state index >= 15 is 0 Å². The van der Waals surface area contributed by atoms with Crippen LogP contribution in [0.3, 0.4) is 0 Å². The maximum atomic E-state index is 12.9. The number of aromatic nitrogens is 6. The topological polar surface area (TPSA) is 145 Å². The summed E-state index contributed by atoms with van der Waals surface area (Å²) in [6, 6.07) is 14.5. The summed E-state index contributed by atoms with van der Waals surface area (Å²) in [4.78, 5) is 26.5. The maximum absolute atomic E-state index is 12.9. The Morgan fingerprint density at radius 1 is 1.10 bits per heavy atom. The summed E-state index contributed by atoms with van der Waals surface area (Å²) < 4.78 is 14.0. The molecule has 0 amide bonds. The van der Waals surface area contributed by atoms with Gasteiger partial charge < -0.3 is 25.0 Å². The molecule has 0 unspecified atom stereocenters. The van der Waals surface area contributed by atoms with Crippen molar-refractivity contribution in [2.75, 3.05) is 24.4 Å². The lowest BCUT2D eigenvalue weighted by Gasteiger charge is -2.20. The number of aryl methyl sites for hydroxylation is 1. The molecule has 0 radical (unpaired) electrons. The van der Waals surface area contributed by atoms with E-state index in [9.17, 15) is 9.90 Å². The predicted octanol–water partition coefficient (Wildman–Crippen LogP) is 4.03. The fraction of sp³-hybridized carbons (Fsp3) is 0.296. The molecule has 0 saturated carbocycles. The van der Waals surface area contributed by atoms with Crippen LogP contribution in [0.1, 0.15) is 37.3 Å². The molecule has 0 bridgehead atoms. The van der Waals surface area contributed by atoms with E-state index in [-0.39, 0.29) is 31.0 Å². The van der Waals surface area contributed by atoms with E-state index in [2.05, 4.69) is 25.8 Å². The zero-order valence-corrected chi connectivity index (χ0v) is 22.1. The molecule has 39 heavy (non-hydrogen) atoms. The molecule has 0 aliphatic rings. The van der Waals surface area contributed by atoms with Crippen molar-refractivity contribution in [3.8, 4) is 11.5 Å². The number of aliphatic hydroxyl groups excluding tert-OH is 1. The Morgan fingerprint density at radius 3 is 2.56 bits per heavy atom. The van der Waals surface area contributed by atoms with E-state index in [0.29, 0.717) is 45.6 Å². The molecule has 1 atom stereocenters. The van der Waals surface area contributed by atoms with Gasteiger partial charge in [-0.2, -0.15) is 4.98 Å². The number of nitrogens with zero attached hydrogens (tertiary/aromatic N) is 6. The Balaban J connectivity index is 1.53. The van der Waals surface area contributed by atoms with Gasteiger partial charge >= 0.3 is 0 Å². The van der Waals surface area contributed by atoms with Crippen LogP contribution >= 0.6 is 0 Å². The number of methoxy groups -OCH3 is 1. The number of ether oxygens (including phenoxy) is 1. The third-order valence-corrected chi connectivity index (χ3v) is 6.19. The van der Waals surface area contributed by atoms with E-state index in [1.165, 1.54) is 4.68 Å². The first-order chi connectivity index (χ1) is 18.9. The van der Waals surface area contributed by atoms with Crippen molar-refractivity contribution in [3.63, 3.8) is 0 Å². The van der Waals surface area contributed by atoms with Crippen LogP contribution < -0.4 is 16.2 Å². The molecule has 4 heterocycles. The van der Waals surface area contributed by atoms with Crippen LogP contribution in [0.25, 0.3) is 22.5 Å². The maximum Gasteiger partial charge on any atom is 0.278 e. The molecular weight excluding hydrogens is 500 g/mol. The minimum absolute atomic E-state index is 0.0208. The molecule has 0 aliphatic heterocycles. The number of hydrogen-bond donors (Lipinski definition) is 3. The lowest BCUT2D eigenvalue weighted by atomic mass is 10.1. The molecular formula is C27H30N8O4. The molecule has 0 spiro atoms. The number of fused-ring (bicyclic) bond motifs is 1. The standard InChI is InChI=1S/C27H30N8O4/c1-16(2)35-25-19(27(37)34(35)15-38-4)10-11-23(32-25)31-24-12-21(20(13-28-24)26-29-17(3)33-39-26)30-22(14-36)18-8-6-5-7-9-18/h5-13,16,22,36H,14-15H2,1-4H3,(H2,28,30,31,32)/t22-/m1/s1. The monoisotopic (exact) mass is 530 g/mol. The second kappa shape index (κ2) is 11.1. The van der Waals surface area contributed by atoms with Crippen LogP contribution in [0, 0.1) is 6.92 Å². The minimum Gasteiger partial charge on any atom is -0.394 e. The fourth-order valence-corrected chi connectivity index (χ4v) is 4.44. The van der Waals surface area contributed by atoms with Crippen molar-refractivity contribution in [2.24, 2.45) is 0 Å². The molecule has 3 N–H and O–H groups in total. The summed E-state index contributed by atoms with van der Waals surface area (Å²) in [5.41, 5.74) is 2.50. The van der Waals surface area contributed by atoms with E-state index in [0.717, 1.165) is 5.56 Å². The van der Waals surface area contributed by atoms with Crippen LogP contribution in [0.5, 0.6) is 0 Å². The van der Waals surface area contributed by atoms with Crippen LogP contribution in [-0.4, -0.2) is 48.3 Å². The van der Waals surface area contributed by atoms with E-state index in [1.54, 1.807) is 38.4 Å². The smallest absolute Gasteiger partial charge is 0.278 e.